The van der Waals surface area contributed by atoms with Crippen molar-refractivity contribution in [2.24, 2.45) is 5.92 Å². The number of nitrogens with one attached hydrogen (secondary N) is 2. The first kappa shape index (κ1) is 25.7. The van der Waals surface area contributed by atoms with Crippen LogP contribution in [0, 0.1) is 5.92 Å². The zero-order valence-corrected chi connectivity index (χ0v) is 22.1. The molecule has 1 aromatic heterocycles. The van der Waals surface area contributed by atoms with Gasteiger partial charge >= 0.3 is 13.2 Å². The summed E-state index contributed by atoms with van der Waals surface area (Å²) in [6.07, 6.45) is 1.58. The van der Waals surface area contributed by atoms with E-state index in [2.05, 4.69) is 61.1 Å². The molecule has 2 saturated heterocycles. The zero-order valence-electron chi connectivity index (χ0n) is 22.1. The van der Waals surface area contributed by atoms with Crippen LogP contribution in [0.4, 0.5) is 4.79 Å². The Morgan fingerprint density at radius 3 is 2.68 bits per heavy atom. The van der Waals surface area contributed by atoms with Crippen molar-refractivity contribution >= 4 is 46.8 Å². The highest BCUT2D eigenvalue weighted by atomic mass is 16.7. The summed E-state index contributed by atoms with van der Waals surface area (Å²) < 4.78 is 12.5. The third-order valence-electron chi connectivity index (χ3n) is 8.30. The van der Waals surface area contributed by atoms with E-state index in [1.165, 1.54) is 0 Å². The Kier molecular flexibility index (Phi) is 6.54. The van der Waals surface area contributed by atoms with Crippen molar-refractivity contribution in [3.05, 3.63) is 36.2 Å². The Morgan fingerprint density at radius 2 is 2.00 bits per heavy atom. The van der Waals surface area contributed by atoms with Gasteiger partial charge in [0.05, 0.1) is 34.3 Å². The fourth-order valence-corrected chi connectivity index (χ4v) is 5.33. The summed E-state index contributed by atoms with van der Waals surface area (Å²) in [5.74, 6) is 0.443. The van der Waals surface area contributed by atoms with E-state index < -0.39 is 36.4 Å². The smallest absolute Gasteiger partial charge is 0.465 e. The van der Waals surface area contributed by atoms with Crippen LogP contribution in [0.2, 0.25) is 0 Å². The summed E-state index contributed by atoms with van der Waals surface area (Å²) >= 11 is 0. The molecule has 10 heteroatoms. The average Bonchev–Trinajstić information content (AvgIpc) is 3.53. The Bertz CT molecular complexity index is 1320. The molecule has 0 bridgehead atoms. The number of hydrogen-bond acceptors (Lipinski definition) is 6. The lowest BCUT2D eigenvalue weighted by Crippen LogP contribution is -2.47. The van der Waals surface area contributed by atoms with Crippen molar-refractivity contribution in [1.82, 2.24) is 20.2 Å². The molecule has 3 atom stereocenters. The molecule has 0 radical (unpaired) electrons. The molecule has 37 heavy (non-hydrogen) atoms. The van der Waals surface area contributed by atoms with E-state index in [0.29, 0.717) is 6.54 Å². The number of aromatic nitrogens is 2. The Hall–Kier alpha value is -2.95. The molecule has 5 rings (SSSR count). The zero-order chi connectivity index (χ0) is 26.5. The molecule has 2 fully saturated rings. The highest BCUT2D eigenvalue weighted by Crippen LogP contribution is 2.37. The number of likely N-dealkylation sites (tertiary alicyclic amines) is 1. The summed E-state index contributed by atoms with van der Waals surface area (Å²) in [6.45, 7) is 11.2. The molecule has 3 N–H and O–H groups in total. The number of carbonyl (C=O) groups is 2. The number of H-pyrrole nitrogens is 1. The second kappa shape index (κ2) is 9.42. The number of amides is 1. The molecule has 3 aromatic rings. The summed E-state index contributed by atoms with van der Waals surface area (Å²) in [4.78, 5) is 33.4. The Morgan fingerprint density at radius 1 is 1.27 bits per heavy atom. The molecule has 9 nitrogen and oxygen atoms in total. The van der Waals surface area contributed by atoms with Gasteiger partial charge in [0, 0.05) is 17.8 Å². The topological polar surface area (TPSA) is 117 Å². The minimum atomic E-state index is -1.12. The minimum Gasteiger partial charge on any atom is -0.465 e. The third kappa shape index (κ3) is 4.73. The maximum absolute atomic E-state index is 11.4. The summed E-state index contributed by atoms with van der Waals surface area (Å²) in [5.41, 5.74) is 2.04. The highest BCUT2D eigenvalue weighted by molar-refractivity contribution is 6.62. The van der Waals surface area contributed by atoms with Crippen LogP contribution in [0.15, 0.2) is 30.3 Å². The lowest BCUT2D eigenvalue weighted by molar-refractivity contribution is -0.111. The normalized spacial score (nSPS) is 22.9. The summed E-state index contributed by atoms with van der Waals surface area (Å²) in [6, 6.07) is 9.91. The molecule has 2 aliphatic heterocycles. The van der Waals surface area contributed by atoms with Crippen LogP contribution in [0.25, 0.3) is 21.8 Å². The van der Waals surface area contributed by atoms with Gasteiger partial charge in [0.15, 0.2) is 0 Å². The van der Waals surface area contributed by atoms with Crippen LogP contribution >= 0.6 is 0 Å². The first-order chi connectivity index (χ1) is 17.5. The van der Waals surface area contributed by atoms with Crippen molar-refractivity contribution in [1.29, 1.82) is 0 Å². The quantitative estimate of drug-likeness (QED) is 0.331. The van der Waals surface area contributed by atoms with Gasteiger partial charge in [0.1, 0.15) is 12.1 Å². The van der Waals surface area contributed by atoms with Crippen molar-refractivity contribution in [3.8, 4) is 0 Å². The lowest BCUT2D eigenvalue weighted by Gasteiger charge is -2.32. The number of carbonyl (C=O) groups excluding carboxylic acids is 1. The van der Waals surface area contributed by atoms with Crippen LogP contribution in [-0.2, 0) is 14.1 Å². The molecular weight excluding hydrogens is 471 g/mol. The monoisotopic (exact) mass is 506 g/mol. The predicted octanol–water partition coefficient (Wildman–Crippen LogP) is 3.62. The van der Waals surface area contributed by atoms with E-state index in [-0.39, 0.29) is 6.04 Å². The molecule has 1 amide bonds. The predicted molar refractivity (Wildman–Crippen MR) is 143 cm³/mol. The number of carboxylic acid groups (broad SMARTS) is 1. The molecular formula is C27H35BN4O5. The number of rotatable bonds is 7. The number of nitrogens with zero attached hydrogens (tertiary/aromatic N) is 2. The SMILES string of the molecule is C[C@H](C=O)C(CN1CCC[C@H]1c1nc2c(ccc3cc(B4OC(C)(C)C(C)(C)O4)ccc32)[nH]1)NC(=O)O. The lowest BCUT2D eigenvalue weighted by atomic mass is 9.78. The Balaban J connectivity index is 1.42. The molecule has 2 aromatic carbocycles. The highest BCUT2D eigenvalue weighted by Gasteiger charge is 2.51. The average molecular weight is 506 g/mol. The van der Waals surface area contributed by atoms with Gasteiger partial charge in [-0.25, -0.2) is 9.78 Å². The van der Waals surface area contributed by atoms with Gasteiger partial charge in [-0.15, -0.1) is 0 Å². The van der Waals surface area contributed by atoms with Crippen molar-refractivity contribution in [2.75, 3.05) is 13.1 Å². The van der Waals surface area contributed by atoms with Gasteiger partial charge in [0.2, 0.25) is 0 Å². The summed E-state index contributed by atoms with van der Waals surface area (Å²) in [5, 5.41) is 13.9. The van der Waals surface area contributed by atoms with Crippen LogP contribution in [0.1, 0.15) is 59.3 Å². The minimum absolute atomic E-state index is 0.0309. The fraction of sp³-hybridized carbons (Fsp3) is 0.519. The molecule has 196 valence electrons. The number of aldehydes is 1. The van der Waals surface area contributed by atoms with Gasteiger partial charge in [0.25, 0.3) is 0 Å². The number of aromatic amines is 1. The van der Waals surface area contributed by atoms with Gasteiger partial charge in [-0.1, -0.05) is 31.2 Å². The molecule has 2 aliphatic rings. The van der Waals surface area contributed by atoms with Crippen LogP contribution in [0.5, 0.6) is 0 Å². The third-order valence-corrected chi connectivity index (χ3v) is 8.30. The maximum atomic E-state index is 11.4. The van der Waals surface area contributed by atoms with E-state index in [9.17, 15) is 14.7 Å². The molecule has 0 spiro atoms. The number of imidazole rings is 1. The first-order valence-electron chi connectivity index (χ1n) is 13.0. The fourth-order valence-electron chi connectivity index (χ4n) is 5.33. The number of hydrogen-bond donors (Lipinski definition) is 3. The van der Waals surface area contributed by atoms with E-state index in [1.54, 1.807) is 6.92 Å². The van der Waals surface area contributed by atoms with E-state index >= 15 is 0 Å². The second-order valence-electron chi connectivity index (χ2n) is 11.4. The first-order valence-corrected chi connectivity index (χ1v) is 13.0. The van der Waals surface area contributed by atoms with Gasteiger partial charge in [-0.3, -0.25) is 4.90 Å². The molecule has 3 heterocycles. The second-order valence-corrected chi connectivity index (χ2v) is 11.4. The number of fused-ring (bicyclic) bond motifs is 3. The van der Waals surface area contributed by atoms with Gasteiger partial charge in [-0.2, -0.15) is 0 Å². The van der Waals surface area contributed by atoms with E-state index in [0.717, 1.165) is 58.8 Å². The van der Waals surface area contributed by atoms with Crippen molar-refractivity contribution < 1.29 is 24.0 Å². The van der Waals surface area contributed by atoms with Crippen molar-refractivity contribution in [2.45, 2.75) is 70.7 Å². The van der Waals surface area contributed by atoms with Crippen molar-refractivity contribution in [3.63, 3.8) is 0 Å². The van der Waals surface area contributed by atoms with E-state index in [4.69, 9.17) is 14.3 Å². The molecule has 1 unspecified atom stereocenters. The van der Waals surface area contributed by atoms with E-state index in [1.807, 2.05) is 12.1 Å². The van der Waals surface area contributed by atoms with Crippen LogP contribution in [-0.4, -0.2) is 69.8 Å². The van der Waals surface area contributed by atoms with Gasteiger partial charge < -0.3 is 29.5 Å². The maximum Gasteiger partial charge on any atom is 0.494 e. The standard InChI is InChI=1S/C27H35BN4O5/c1-16(15-33)21(30-25(34)35)14-32-12-6-7-22(32)24-29-20-11-8-17-13-18(9-10-19(17)23(20)31-24)28-36-26(2,3)27(4,5)37-28/h8-11,13,15-16,21-22,30H,6-7,12,14H2,1-5H3,(H,29,31)(H,34,35)/t16-,21?,22+/m1/s1. The summed E-state index contributed by atoms with van der Waals surface area (Å²) in [7, 11) is -0.423. The van der Waals surface area contributed by atoms with Gasteiger partial charge in [-0.05, 0) is 64.0 Å². The molecule has 0 saturated carbocycles. The van der Waals surface area contributed by atoms with Crippen LogP contribution < -0.4 is 10.8 Å². The van der Waals surface area contributed by atoms with Crippen LogP contribution in [0.3, 0.4) is 0 Å². The Labute approximate surface area is 217 Å². The molecule has 0 aliphatic carbocycles. The number of benzene rings is 2. The largest absolute Gasteiger partial charge is 0.494 e.